The quantitative estimate of drug-likeness (QED) is 0.0250. The third kappa shape index (κ3) is 17.6. The maximum Gasteiger partial charge on any atom is 0.338 e. The molecule has 1 N–H and O–H groups in total. The van der Waals surface area contributed by atoms with E-state index >= 15 is 0 Å². The van der Waals surface area contributed by atoms with Crippen LogP contribution in [0.4, 0.5) is 0 Å². The van der Waals surface area contributed by atoms with E-state index in [-0.39, 0.29) is 24.9 Å². The maximum atomic E-state index is 13.8. The van der Waals surface area contributed by atoms with Gasteiger partial charge in [0.1, 0.15) is 0 Å². The molecule has 0 spiro atoms. The van der Waals surface area contributed by atoms with Gasteiger partial charge in [-0.15, -0.1) is 0 Å². The van der Waals surface area contributed by atoms with Crippen molar-refractivity contribution in [1.82, 2.24) is 27.4 Å². The van der Waals surface area contributed by atoms with Gasteiger partial charge in [-0.1, -0.05) is 317 Å². The molecular weight excluding hydrogens is 1820 g/mol. The summed E-state index contributed by atoms with van der Waals surface area (Å²) in [6.07, 6.45) is 37.8. The largest absolute Gasteiger partial charge is 0.478 e. The number of benzene rings is 15. The van der Waals surface area contributed by atoms with Gasteiger partial charge in [-0.3, -0.25) is 0 Å². The van der Waals surface area contributed by atoms with Crippen LogP contribution in [0.3, 0.4) is 0 Å². The number of rotatable bonds is 26. The van der Waals surface area contributed by atoms with Gasteiger partial charge in [0.15, 0.2) is 0 Å². The molecule has 6 heterocycles. The lowest BCUT2D eigenvalue weighted by Crippen LogP contribution is -2.10. The number of fused-ring (bicyclic) bond motifs is 24. The summed E-state index contributed by atoms with van der Waals surface area (Å²) in [7, 11) is 0. The van der Waals surface area contributed by atoms with E-state index in [9.17, 15) is 19.5 Å². The highest BCUT2D eigenvalue weighted by Crippen LogP contribution is 2.50. The fourth-order valence-electron chi connectivity index (χ4n) is 25.3. The lowest BCUT2D eigenvalue weighted by molar-refractivity contribution is 0.0488. The molecule has 3 saturated carbocycles. The molecule has 6 aliphatic carbocycles. The van der Waals surface area contributed by atoms with Crippen LogP contribution in [0, 0.1) is 53.3 Å². The number of hydrogen-bond acceptors (Lipinski definition) is 5. The van der Waals surface area contributed by atoms with E-state index in [4.69, 9.17) is 9.47 Å². The first-order chi connectivity index (χ1) is 70.1. The topological polar surface area (TPSA) is 119 Å². The number of carbonyl (C=O) groups excluding carboxylic acids is 2. The number of carboxylic acids is 1. The van der Waals surface area contributed by atoms with Gasteiger partial charge in [0.2, 0.25) is 0 Å². The Kier molecular flexibility index (Phi) is 25.9. The van der Waals surface area contributed by atoms with Gasteiger partial charge in [0.05, 0.1) is 96.1 Å². The molecule has 712 valence electrons. The molecule has 6 bridgehead atoms. The Balaban J connectivity index is 0.000000112. The zero-order chi connectivity index (χ0) is 95.3. The van der Waals surface area contributed by atoms with Crippen molar-refractivity contribution in [1.29, 1.82) is 0 Å². The van der Waals surface area contributed by atoms with E-state index in [0.29, 0.717) is 24.3 Å². The van der Waals surface area contributed by atoms with Gasteiger partial charge in [0.25, 0.3) is 0 Å². The number of carboxylic acid groups (broad SMARTS) is 1. The third-order valence-corrected chi connectivity index (χ3v) is 32.4. The second kappa shape index (κ2) is 40.3. The van der Waals surface area contributed by atoms with Crippen molar-refractivity contribution in [2.45, 2.75) is 123 Å². The first-order valence-corrected chi connectivity index (χ1v) is 52.7. The highest BCUT2D eigenvalue weighted by Gasteiger charge is 2.38. The average Bonchev–Trinajstić information content (AvgIpc) is 1.59. The zero-order valence-electron chi connectivity index (χ0n) is 80.0. The summed E-state index contributed by atoms with van der Waals surface area (Å²) in [4.78, 5) is 39.9. The van der Waals surface area contributed by atoms with Crippen molar-refractivity contribution in [3.05, 3.63) is 399 Å². The lowest BCUT2D eigenvalue weighted by atomic mass is 9.89. The lowest BCUT2D eigenvalue weighted by Gasteiger charge is -2.17. The van der Waals surface area contributed by atoms with Crippen molar-refractivity contribution >= 4 is 165 Å². The Labute approximate surface area is 842 Å². The first kappa shape index (κ1) is 92.0. The van der Waals surface area contributed by atoms with Crippen LogP contribution in [-0.4, -0.2) is 69.0 Å². The molecule has 0 aliphatic heterocycles. The summed E-state index contributed by atoms with van der Waals surface area (Å²) < 4.78 is 25.4. The minimum Gasteiger partial charge on any atom is -0.478 e. The number of carbonyl (C=O) groups is 3. The van der Waals surface area contributed by atoms with Crippen molar-refractivity contribution in [3.8, 4) is 34.1 Å². The average molecular weight is 1940 g/mol. The number of ether oxygens (including phenoxy) is 2. The molecule has 9 unspecified atom stereocenters. The Bertz CT molecular complexity index is 7470. The van der Waals surface area contributed by atoms with Crippen molar-refractivity contribution in [3.63, 3.8) is 0 Å². The van der Waals surface area contributed by atoms with E-state index in [0.717, 1.165) is 201 Å². The summed E-state index contributed by atoms with van der Waals surface area (Å²) in [6, 6.07) is 119. The number of alkyl halides is 1. The fraction of sp³-hybridized carbons (Fsp3) is 0.238. The second-order valence-corrected chi connectivity index (χ2v) is 41.2. The van der Waals surface area contributed by atoms with E-state index < -0.39 is 5.97 Å². The van der Waals surface area contributed by atoms with Crippen molar-refractivity contribution in [2.75, 3.05) is 18.5 Å². The van der Waals surface area contributed by atoms with Crippen LogP contribution >= 0.6 is 15.9 Å². The van der Waals surface area contributed by atoms with Crippen LogP contribution in [0.25, 0.3) is 165 Å². The second-order valence-electron chi connectivity index (χ2n) is 40.4. The number of allylic oxidation sites excluding steroid dienone is 6. The summed E-state index contributed by atoms with van der Waals surface area (Å²) in [6.45, 7) is 0.888. The number of nitrogens with zero attached hydrogens (tertiary/aromatic N) is 6. The Hall–Kier alpha value is -14.8. The van der Waals surface area contributed by atoms with Gasteiger partial charge in [0, 0.05) is 104 Å². The summed E-state index contributed by atoms with van der Waals surface area (Å²) in [5, 5.41) is 25.3. The molecule has 13 heteroatoms. The molecule has 0 radical (unpaired) electrons. The highest BCUT2D eigenvalue weighted by molar-refractivity contribution is 9.09. The molecule has 9 atom stereocenters. The van der Waals surface area contributed by atoms with Crippen LogP contribution in [-0.2, 0) is 9.47 Å². The number of aromatic nitrogens is 6. The van der Waals surface area contributed by atoms with Gasteiger partial charge in [-0.25, -0.2) is 14.4 Å². The Morgan fingerprint density at radius 3 is 0.622 bits per heavy atom. The third-order valence-electron chi connectivity index (χ3n) is 31.8. The molecule has 15 aromatic carbocycles. The number of hydrogen-bond donors (Lipinski definition) is 1. The molecule has 3 fully saturated rings. The van der Waals surface area contributed by atoms with E-state index in [1.54, 1.807) is 12.1 Å². The van der Waals surface area contributed by atoms with E-state index in [1.165, 1.54) is 138 Å². The predicted molar refractivity (Wildman–Crippen MR) is 595 cm³/mol. The van der Waals surface area contributed by atoms with E-state index in [1.807, 2.05) is 72.8 Å². The van der Waals surface area contributed by atoms with Crippen molar-refractivity contribution < 1.29 is 29.0 Å². The summed E-state index contributed by atoms with van der Waals surface area (Å²) in [5.41, 5.74) is 19.8. The number of esters is 2. The normalized spacial score (nSPS) is 18.4. The number of para-hydroxylation sites is 12. The standard InChI is InChI=1S/2C43H38N2O2.C31H20N2O2.C12H19Br.CH4/c2*46-43(47-23-11-1-2-12-30-24-29-21-22-31(30)25-29)32-26-33(44-39-17-7-3-13-35(39)36-14-4-8-18-40(36)44)28-34(27-32)45-41-19-9-5-15-37(41)38-16-6-10-20-42(38)45;34-31(35)20-17-21(32-27-13-5-1-9-23(27)24-10-2-6-14-28(24)32)19-22(18-20)33-29-15-7-3-11-25(29)26-12-4-8-16-30(26)33;13-7-3-1-2-4-11-8-10-5-6-12(11)9-10;/h2*3-10,13-22,26-31H,1-2,11-12,23-25H2;1-19H,(H,34,35);5-6,10-12H,1-4,7-9H2;1H4. The number of aromatic carboxylic acids is 1. The fourth-order valence-corrected chi connectivity index (χ4v) is 25.7. The van der Waals surface area contributed by atoms with Crippen LogP contribution in [0.1, 0.15) is 154 Å². The van der Waals surface area contributed by atoms with Gasteiger partial charge in [-0.05, 0) is 258 Å². The zero-order valence-corrected chi connectivity index (χ0v) is 81.6. The van der Waals surface area contributed by atoms with Crippen molar-refractivity contribution in [2.24, 2.45) is 53.3 Å². The highest BCUT2D eigenvalue weighted by atomic mass is 79.9. The molecule has 12 nitrogen and oxygen atoms in total. The molecular formula is C130H119BrN6O6. The molecule has 0 amide bonds. The predicted octanol–water partition coefficient (Wildman–Crippen LogP) is 34.0. The van der Waals surface area contributed by atoms with Crippen LogP contribution in [0.15, 0.2) is 382 Å². The SMILES string of the molecule is BrCCCCCC1CC2C=CC1C2.C.O=C(O)c1cc(-n2c3ccccc3c3ccccc32)cc(-n2c3ccccc3c3ccccc32)c1.O=C(OCCCCCC1CC2C=CC1C2)c1cc(-n2c3ccccc3c3ccccc32)cc(-n2c3ccccc3c3ccccc32)c1.O=C(OCCCCCC1CC2C=CC1C2)c1cc(-n2c3ccccc3c3ccccc32)cc(-n2c3ccccc3c3ccccc32)c1. The van der Waals surface area contributed by atoms with Gasteiger partial charge in [-0.2, -0.15) is 0 Å². The Morgan fingerprint density at radius 1 is 0.245 bits per heavy atom. The summed E-state index contributed by atoms with van der Waals surface area (Å²) in [5.74, 6) is 6.48. The molecule has 21 aromatic rings. The monoisotopic (exact) mass is 1940 g/mol. The molecule has 27 rings (SSSR count). The van der Waals surface area contributed by atoms with Crippen LogP contribution in [0.2, 0.25) is 0 Å². The Morgan fingerprint density at radius 2 is 0.441 bits per heavy atom. The minimum atomic E-state index is -0.949. The molecule has 0 saturated heterocycles. The molecule has 6 aliphatic rings. The number of halogens is 1. The first-order valence-electron chi connectivity index (χ1n) is 51.6. The maximum absolute atomic E-state index is 13.8. The smallest absolute Gasteiger partial charge is 0.338 e. The van der Waals surface area contributed by atoms with Crippen LogP contribution < -0.4 is 0 Å². The number of unbranched alkanes of at least 4 members (excludes halogenated alkanes) is 6. The summed E-state index contributed by atoms with van der Waals surface area (Å²) >= 11 is 3.48. The molecule has 143 heavy (non-hydrogen) atoms. The van der Waals surface area contributed by atoms with Crippen LogP contribution in [0.5, 0.6) is 0 Å². The minimum absolute atomic E-state index is 0. The van der Waals surface area contributed by atoms with E-state index in [2.05, 4.69) is 341 Å². The molecule has 6 aromatic heterocycles. The van der Waals surface area contributed by atoms with Gasteiger partial charge < -0.3 is 42.0 Å². The van der Waals surface area contributed by atoms with Gasteiger partial charge >= 0.3 is 17.9 Å².